The number of hydrogen-bond donors (Lipinski definition) is 2. The largest absolute Gasteiger partial charge is 0.388 e. The molecule has 0 aliphatic carbocycles. The van der Waals surface area contributed by atoms with Gasteiger partial charge in [0.05, 0.1) is 12.7 Å². The van der Waals surface area contributed by atoms with Crippen molar-refractivity contribution < 1.29 is 14.9 Å². The molecule has 17 heavy (non-hydrogen) atoms. The van der Waals surface area contributed by atoms with Gasteiger partial charge in [-0.25, -0.2) is 0 Å². The summed E-state index contributed by atoms with van der Waals surface area (Å²) in [6.07, 6.45) is -1.76. The maximum atomic E-state index is 9.65. The van der Waals surface area contributed by atoms with Crippen molar-refractivity contribution in [1.82, 2.24) is 0 Å². The number of rotatable bonds is 3. The summed E-state index contributed by atoms with van der Waals surface area (Å²) < 4.78 is 5.33. The first-order chi connectivity index (χ1) is 8.08. The average Bonchev–Trinajstić information content (AvgIpc) is 2.62. The van der Waals surface area contributed by atoms with E-state index in [1.807, 2.05) is 0 Å². The van der Waals surface area contributed by atoms with Crippen molar-refractivity contribution in [3.63, 3.8) is 0 Å². The van der Waals surface area contributed by atoms with E-state index in [2.05, 4.69) is 32.0 Å². The molecular formula is C13H18O3S. The lowest BCUT2D eigenvalue weighted by Crippen LogP contribution is -2.31. The Morgan fingerprint density at radius 3 is 2.65 bits per heavy atom. The molecule has 2 N–H and O–H groups in total. The standard InChI is InChI=1S/C13H18O3S/c1-8-3-4-10(5-9(8)2)17-7-12-13(15)11(14)6-16-12/h3-5,11-15H,6-7H2,1-2H3. The van der Waals surface area contributed by atoms with Gasteiger partial charge in [-0.1, -0.05) is 6.07 Å². The Morgan fingerprint density at radius 1 is 1.29 bits per heavy atom. The van der Waals surface area contributed by atoms with Crippen LogP contribution in [0.4, 0.5) is 0 Å². The molecule has 3 atom stereocenters. The first kappa shape index (κ1) is 12.9. The van der Waals surface area contributed by atoms with Crippen LogP contribution in [0.2, 0.25) is 0 Å². The molecular weight excluding hydrogens is 236 g/mol. The third kappa shape index (κ3) is 3.01. The highest BCUT2D eigenvalue weighted by molar-refractivity contribution is 7.99. The van der Waals surface area contributed by atoms with E-state index in [9.17, 15) is 10.2 Å². The summed E-state index contributed by atoms with van der Waals surface area (Å²) in [5.74, 6) is 0.667. The van der Waals surface area contributed by atoms with Crippen LogP contribution in [-0.2, 0) is 4.74 Å². The van der Waals surface area contributed by atoms with Crippen LogP contribution in [0.5, 0.6) is 0 Å². The average molecular weight is 254 g/mol. The second kappa shape index (κ2) is 5.40. The molecule has 1 aliphatic rings. The van der Waals surface area contributed by atoms with Crippen molar-refractivity contribution in [2.75, 3.05) is 12.4 Å². The molecule has 3 nitrogen and oxygen atoms in total. The third-order valence-corrected chi connectivity index (χ3v) is 4.23. The predicted molar refractivity (Wildman–Crippen MR) is 68.4 cm³/mol. The molecule has 1 aromatic carbocycles. The van der Waals surface area contributed by atoms with Gasteiger partial charge in [-0.3, -0.25) is 0 Å². The summed E-state index contributed by atoms with van der Waals surface area (Å²) >= 11 is 1.65. The van der Waals surface area contributed by atoms with E-state index >= 15 is 0 Å². The van der Waals surface area contributed by atoms with Gasteiger partial charge in [0.1, 0.15) is 12.2 Å². The Balaban J connectivity index is 1.92. The van der Waals surface area contributed by atoms with E-state index in [-0.39, 0.29) is 12.7 Å². The van der Waals surface area contributed by atoms with Crippen molar-refractivity contribution in [2.45, 2.75) is 37.1 Å². The zero-order chi connectivity index (χ0) is 12.4. The van der Waals surface area contributed by atoms with Gasteiger partial charge in [0, 0.05) is 10.6 Å². The predicted octanol–water partition coefficient (Wildman–Crippen LogP) is 1.52. The van der Waals surface area contributed by atoms with E-state index in [0.29, 0.717) is 5.75 Å². The minimum atomic E-state index is -0.756. The van der Waals surface area contributed by atoms with E-state index in [1.54, 1.807) is 11.8 Å². The Morgan fingerprint density at radius 2 is 2.06 bits per heavy atom. The SMILES string of the molecule is Cc1ccc(SCC2OCC(O)C2O)cc1C. The molecule has 1 saturated heterocycles. The number of aryl methyl sites for hydroxylation is 2. The lowest BCUT2D eigenvalue weighted by molar-refractivity contribution is 0.0337. The topological polar surface area (TPSA) is 49.7 Å². The fraction of sp³-hybridized carbons (Fsp3) is 0.538. The van der Waals surface area contributed by atoms with Crippen LogP contribution < -0.4 is 0 Å². The van der Waals surface area contributed by atoms with Gasteiger partial charge >= 0.3 is 0 Å². The van der Waals surface area contributed by atoms with Crippen LogP contribution in [0.25, 0.3) is 0 Å². The van der Waals surface area contributed by atoms with E-state index in [4.69, 9.17) is 4.74 Å². The normalized spacial score (nSPS) is 28.6. The van der Waals surface area contributed by atoms with E-state index in [1.165, 1.54) is 16.0 Å². The second-order valence-electron chi connectivity index (χ2n) is 4.49. The Labute approximate surface area is 106 Å². The number of hydrogen-bond acceptors (Lipinski definition) is 4. The minimum Gasteiger partial charge on any atom is -0.388 e. The Bertz CT molecular complexity index is 394. The van der Waals surface area contributed by atoms with E-state index < -0.39 is 12.2 Å². The molecule has 1 heterocycles. The second-order valence-corrected chi connectivity index (χ2v) is 5.58. The van der Waals surface area contributed by atoms with Crippen LogP contribution >= 0.6 is 11.8 Å². The van der Waals surface area contributed by atoms with Gasteiger partial charge in [-0.05, 0) is 37.1 Å². The molecule has 0 spiro atoms. The van der Waals surface area contributed by atoms with Crippen molar-refractivity contribution in [3.05, 3.63) is 29.3 Å². The molecule has 3 unspecified atom stereocenters. The first-order valence-electron chi connectivity index (χ1n) is 5.75. The summed E-state index contributed by atoms with van der Waals surface area (Å²) in [4.78, 5) is 1.17. The van der Waals surface area contributed by atoms with Gasteiger partial charge in [-0.15, -0.1) is 11.8 Å². The zero-order valence-corrected chi connectivity index (χ0v) is 10.9. The molecule has 1 aromatic rings. The monoisotopic (exact) mass is 254 g/mol. The fourth-order valence-corrected chi connectivity index (χ4v) is 2.87. The maximum absolute atomic E-state index is 9.65. The summed E-state index contributed by atoms with van der Waals surface area (Å²) in [5.41, 5.74) is 2.55. The quantitative estimate of drug-likeness (QED) is 0.803. The molecule has 0 bridgehead atoms. The molecule has 2 rings (SSSR count). The van der Waals surface area contributed by atoms with Crippen LogP contribution in [-0.4, -0.2) is 40.9 Å². The summed E-state index contributed by atoms with van der Waals surface area (Å²) in [7, 11) is 0. The highest BCUT2D eigenvalue weighted by atomic mass is 32.2. The summed E-state index contributed by atoms with van der Waals surface area (Å²) in [5, 5.41) is 19.0. The lowest BCUT2D eigenvalue weighted by atomic mass is 10.1. The first-order valence-corrected chi connectivity index (χ1v) is 6.74. The van der Waals surface area contributed by atoms with Crippen molar-refractivity contribution in [3.8, 4) is 0 Å². The smallest absolute Gasteiger partial charge is 0.109 e. The number of ether oxygens (including phenoxy) is 1. The Kier molecular flexibility index (Phi) is 4.09. The molecule has 1 fully saturated rings. The lowest BCUT2D eigenvalue weighted by Gasteiger charge is -2.14. The van der Waals surface area contributed by atoms with Gasteiger partial charge in [0.25, 0.3) is 0 Å². The molecule has 94 valence electrons. The maximum Gasteiger partial charge on any atom is 0.109 e. The molecule has 1 aliphatic heterocycles. The number of aliphatic hydroxyl groups excluding tert-OH is 2. The van der Waals surface area contributed by atoms with Gasteiger partial charge < -0.3 is 14.9 Å². The van der Waals surface area contributed by atoms with Crippen LogP contribution in [0, 0.1) is 13.8 Å². The van der Waals surface area contributed by atoms with Gasteiger partial charge in [0.2, 0.25) is 0 Å². The highest BCUT2D eigenvalue weighted by Gasteiger charge is 2.34. The number of thioether (sulfide) groups is 1. The Hall–Kier alpha value is -0.550. The highest BCUT2D eigenvalue weighted by Crippen LogP contribution is 2.25. The molecule has 4 heteroatoms. The molecule has 0 amide bonds. The molecule has 0 aromatic heterocycles. The van der Waals surface area contributed by atoms with Crippen molar-refractivity contribution >= 4 is 11.8 Å². The van der Waals surface area contributed by atoms with Crippen LogP contribution in [0.15, 0.2) is 23.1 Å². The van der Waals surface area contributed by atoms with E-state index in [0.717, 1.165) is 0 Å². The molecule has 0 saturated carbocycles. The minimum absolute atomic E-state index is 0.235. The summed E-state index contributed by atoms with van der Waals surface area (Å²) in [6.45, 7) is 4.41. The third-order valence-electron chi connectivity index (χ3n) is 3.15. The number of benzene rings is 1. The van der Waals surface area contributed by atoms with Crippen LogP contribution in [0.1, 0.15) is 11.1 Å². The number of aliphatic hydroxyl groups is 2. The molecule has 0 radical (unpaired) electrons. The zero-order valence-electron chi connectivity index (χ0n) is 10.1. The fourth-order valence-electron chi connectivity index (χ4n) is 1.80. The van der Waals surface area contributed by atoms with Gasteiger partial charge in [-0.2, -0.15) is 0 Å². The van der Waals surface area contributed by atoms with Crippen LogP contribution in [0.3, 0.4) is 0 Å². The van der Waals surface area contributed by atoms with Gasteiger partial charge in [0.15, 0.2) is 0 Å². The summed E-state index contributed by atoms with van der Waals surface area (Å²) in [6, 6.07) is 6.31. The van der Waals surface area contributed by atoms with Crippen molar-refractivity contribution in [2.24, 2.45) is 0 Å². The van der Waals surface area contributed by atoms with Crippen molar-refractivity contribution in [1.29, 1.82) is 0 Å².